The lowest BCUT2D eigenvalue weighted by molar-refractivity contribution is 0.0775. The summed E-state index contributed by atoms with van der Waals surface area (Å²) in [5.74, 6) is 2.66. The zero-order valence-corrected chi connectivity index (χ0v) is 18.9. The monoisotopic (exact) mass is 426 g/mol. The lowest BCUT2D eigenvalue weighted by atomic mass is 10.1. The van der Waals surface area contributed by atoms with Crippen LogP contribution in [0.2, 0.25) is 0 Å². The normalized spacial score (nSPS) is 16.6. The largest absolute Gasteiger partial charge is 0.425 e. The van der Waals surface area contributed by atoms with Crippen molar-refractivity contribution >= 4 is 5.91 Å². The Labute approximate surface area is 181 Å². The molecule has 0 N–H and O–H groups in total. The molecule has 1 aliphatic heterocycles. The van der Waals surface area contributed by atoms with Crippen molar-refractivity contribution in [3.8, 4) is 0 Å². The molecule has 1 aliphatic rings. The maximum absolute atomic E-state index is 13.2. The van der Waals surface area contributed by atoms with Gasteiger partial charge in [0.1, 0.15) is 5.76 Å². The van der Waals surface area contributed by atoms with Crippen LogP contribution < -0.4 is 0 Å². The molecule has 1 amide bonds. The predicted molar refractivity (Wildman–Crippen MR) is 113 cm³/mol. The molecule has 4 heterocycles. The Morgan fingerprint density at radius 1 is 1.23 bits per heavy atom. The number of carbonyl (C=O) groups is 1. The summed E-state index contributed by atoms with van der Waals surface area (Å²) in [4.78, 5) is 15.1. The molecule has 0 aliphatic carbocycles. The molecule has 1 atom stereocenters. The molecule has 9 heteroatoms. The second-order valence-electron chi connectivity index (χ2n) is 8.95. The predicted octanol–water partition coefficient (Wildman–Crippen LogP) is 3.13. The van der Waals surface area contributed by atoms with Gasteiger partial charge in [0, 0.05) is 37.2 Å². The molecular weight excluding hydrogens is 396 g/mol. The van der Waals surface area contributed by atoms with Gasteiger partial charge in [0.2, 0.25) is 11.8 Å². The molecule has 0 spiro atoms. The summed E-state index contributed by atoms with van der Waals surface area (Å²) in [7, 11) is 0. The fourth-order valence-electron chi connectivity index (χ4n) is 4.11. The van der Waals surface area contributed by atoms with Crippen LogP contribution in [0, 0.1) is 32.6 Å². The van der Waals surface area contributed by atoms with Crippen LogP contribution in [0.15, 0.2) is 15.0 Å². The highest BCUT2D eigenvalue weighted by Gasteiger charge is 2.32. The fourth-order valence-corrected chi connectivity index (χ4v) is 4.11. The molecule has 1 fully saturated rings. The van der Waals surface area contributed by atoms with Crippen LogP contribution in [-0.2, 0) is 19.4 Å². The molecular formula is C22H30N6O3. The third-order valence-electron chi connectivity index (χ3n) is 5.73. The van der Waals surface area contributed by atoms with E-state index >= 15 is 0 Å². The topological polar surface area (TPSA) is 103 Å². The smallest absolute Gasteiger partial charge is 0.276 e. The van der Waals surface area contributed by atoms with E-state index in [2.05, 4.69) is 34.3 Å². The van der Waals surface area contributed by atoms with E-state index in [9.17, 15) is 4.79 Å². The van der Waals surface area contributed by atoms with Crippen molar-refractivity contribution in [3.05, 3.63) is 46.3 Å². The second-order valence-corrected chi connectivity index (χ2v) is 8.95. The lowest BCUT2D eigenvalue weighted by Crippen LogP contribution is -2.30. The minimum absolute atomic E-state index is 0.0955. The zero-order chi connectivity index (χ0) is 22.1. The Balaban J connectivity index is 1.41. The van der Waals surface area contributed by atoms with Crippen LogP contribution >= 0.6 is 0 Å². The molecule has 0 saturated carbocycles. The van der Waals surface area contributed by atoms with Gasteiger partial charge in [0.15, 0.2) is 5.69 Å². The van der Waals surface area contributed by atoms with Crippen LogP contribution in [0.5, 0.6) is 0 Å². The highest BCUT2D eigenvalue weighted by atomic mass is 16.5. The van der Waals surface area contributed by atoms with E-state index in [1.807, 2.05) is 36.4 Å². The summed E-state index contributed by atoms with van der Waals surface area (Å²) in [6, 6.07) is 2.01. The van der Waals surface area contributed by atoms with Gasteiger partial charge in [-0.15, -0.1) is 10.2 Å². The van der Waals surface area contributed by atoms with E-state index in [0.29, 0.717) is 61.1 Å². The first-order valence-corrected chi connectivity index (χ1v) is 10.9. The van der Waals surface area contributed by atoms with Crippen molar-refractivity contribution in [2.24, 2.45) is 11.8 Å². The van der Waals surface area contributed by atoms with Gasteiger partial charge in [0.05, 0.1) is 12.2 Å². The van der Waals surface area contributed by atoms with Crippen LogP contribution in [0.25, 0.3) is 0 Å². The summed E-state index contributed by atoms with van der Waals surface area (Å²) in [5.41, 5.74) is 3.14. The standard InChI is InChI=1S/C22H30N6O3/c1-13(2)8-19-23-24-20(30-19)10-17-6-7-27(11-17)22(29)21-18(16(5)31-26-21)12-28-15(4)9-14(3)25-28/h9,13,17H,6-8,10-12H2,1-5H3. The number of carbonyl (C=O) groups excluding carboxylic acids is 1. The van der Waals surface area contributed by atoms with Crippen molar-refractivity contribution < 1.29 is 13.7 Å². The van der Waals surface area contributed by atoms with Crippen molar-refractivity contribution in [1.29, 1.82) is 0 Å². The maximum atomic E-state index is 13.2. The number of rotatable bonds is 7. The van der Waals surface area contributed by atoms with Gasteiger partial charge in [-0.2, -0.15) is 5.10 Å². The van der Waals surface area contributed by atoms with Crippen LogP contribution in [-0.4, -0.2) is 49.0 Å². The van der Waals surface area contributed by atoms with Crippen molar-refractivity contribution in [1.82, 2.24) is 30.0 Å². The molecule has 0 radical (unpaired) electrons. The first-order valence-electron chi connectivity index (χ1n) is 10.9. The highest BCUT2D eigenvalue weighted by Crippen LogP contribution is 2.25. The number of nitrogens with zero attached hydrogens (tertiary/aromatic N) is 6. The minimum Gasteiger partial charge on any atom is -0.425 e. The van der Waals surface area contributed by atoms with Crippen molar-refractivity contribution in [2.75, 3.05) is 13.1 Å². The molecule has 1 saturated heterocycles. The average Bonchev–Trinajstić information content (AvgIpc) is 3.46. The average molecular weight is 427 g/mol. The number of amides is 1. The first kappa shape index (κ1) is 21.3. The number of likely N-dealkylation sites (tertiary alicyclic amines) is 1. The molecule has 0 aromatic carbocycles. The van der Waals surface area contributed by atoms with Gasteiger partial charge in [-0.1, -0.05) is 19.0 Å². The number of aromatic nitrogens is 5. The van der Waals surface area contributed by atoms with Crippen LogP contribution in [0.3, 0.4) is 0 Å². The van der Waals surface area contributed by atoms with E-state index in [0.717, 1.165) is 29.8 Å². The lowest BCUT2D eigenvalue weighted by Gasteiger charge is -2.15. The third kappa shape index (κ3) is 4.70. The van der Waals surface area contributed by atoms with E-state index in [1.165, 1.54) is 0 Å². The second kappa shape index (κ2) is 8.64. The van der Waals surface area contributed by atoms with E-state index in [1.54, 1.807) is 0 Å². The highest BCUT2D eigenvalue weighted by molar-refractivity contribution is 5.94. The first-order chi connectivity index (χ1) is 14.8. The van der Waals surface area contributed by atoms with Crippen molar-refractivity contribution in [2.45, 2.75) is 60.4 Å². The molecule has 9 nitrogen and oxygen atoms in total. The van der Waals surface area contributed by atoms with Gasteiger partial charge >= 0.3 is 0 Å². The Morgan fingerprint density at radius 3 is 2.71 bits per heavy atom. The van der Waals surface area contributed by atoms with Gasteiger partial charge in [-0.25, -0.2) is 0 Å². The number of aryl methyl sites for hydroxylation is 3. The van der Waals surface area contributed by atoms with Gasteiger partial charge in [0.25, 0.3) is 5.91 Å². The van der Waals surface area contributed by atoms with Gasteiger partial charge < -0.3 is 13.8 Å². The zero-order valence-electron chi connectivity index (χ0n) is 18.9. The van der Waals surface area contributed by atoms with Crippen LogP contribution in [0.4, 0.5) is 0 Å². The summed E-state index contributed by atoms with van der Waals surface area (Å²) < 4.78 is 13.0. The molecule has 0 bridgehead atoms. The Kier molecular flexibility index (Phi) is 5.93. The minimum atomic E-state index is -0.0955. The van der Waals surface area contributed by atoms with Gasteiger partial charge in [-0.05, 0) is 45.1 Å². The molecule has 166 valence electrons. The Morgan fingerprint density at radius 2 is 2.00 bits per heavy atom. The van der Waals surface area contributed by atoms with Crippen LogP contribution in [0.1, 0.15) is 65.2 Å². The molecule has 31 heavy (non-hydrogen) atoms. The molecule has 4 rings (SSSR count). The quantitative estimate of drug-likeness (QED) is 0.572. The summed E-state index contributed by atoms with van der Waals surface area (Å²) >= 11 is 0. The van der Waals surface area contributed by atoms with Gasteiger partial charge in [-0.3, -0.25) is 9.48 Å². The summed E-state index contributed by atoms with van der Waals surface area (Å²) in [6.07, 6.45) is 2.37. The third-order valence-corrected chi connectivity index (χ3v) is 5.73. The van der Waals surface area contributed by atoms with E-state index in [4.69, 9.17) is 8.94 Å². The number of hydrogen-bond donors (Lipinski definition) is 0. The summed E-state index contributed by atoms with van der Waals surface area (Å²) in [5, 5.41) is 16.9. The van der Waals surface area contributed by atoms with E-state index in [-0.39, 0.29) is 5.91 Å². The Hall–Kier alpha value is -2.97. The van der Waals surface area contributed by atoms with Crippen molar-refractivity contribution in [3.63, 3.8) is 0 Å². The SMILES string of the molecule is Cc1cc(C)n(Cc2c(C(=O)N3CCC(Cc4nnc(CC(C)C)o4)C3)noc2C)n1. The maximum Gasteiger partial charge on any atom is 0.276 e. The summed E-state index contributed by atoms with van der Waals surface area (Å²) in [6.45, 7) is 11.8. The number of hydrogen-bond acceptors (Lipinski definition) is 7. The van der Waals surface area contributed by atoms with E-state index < -0.39 is 0 Å². The Bertz CT molecular complexity index is 1060. The fraction of sp³-hybridized carbons (Fsp3) is 0.591. The molecule has 3 aromatic heterocycles. The molecule has 3 aromatic rings. The molecule has 1 unspecified atom stereocenters.